The van der Waals surface area contributed by atoms with E-state index in [1.807, 2.05) is 4.90 Å². The second-order valence-corrected chi connectivity index (χ2v) is 10.2. The van der Waals surface area contributed by atoms with E-state index in [2.05, 4.69) is 22.4 Å². The molecule has 2 aromatic rings. The summed E-state index contributed by atoms with van der Waals surface area (Å²) in [7, 11) is 0. The van der Waals surface area contributed by atoms with Crippen molar-refractivity contribution in [1.29, 1.82) is 0 Å². The number of carboxylic acid groups (broad SMARTS) is 1. The number of aliphatic carboxylic acids is 1. The number of aromatic nitrogens is 2. The molecule has 4 heterocycles. The lowest BCUT2D eigenvalue weighted by Crippen LogP contribution is -2.34. The molecule has 196 valence electrons. The molecule has 0 bridgehead atoms. The largest absolute Gasteiger partial charge is 0.480 e. The number of hydrogen-bond acceptors (Lipinski definition) is 7. The number of fused-ring (bicyclic) bond motifs is 1. The molecule has 2 atom stereocenters. The average molecular weight is 501 g/mol. The molecule has 0 aromatic carbocycles. The Morgan fingerprint density at radius 2 is 2.19 bits per heavy atom. The molecule has 0 aliphatic carbocycles. The molecular formula is C27H37FN4O4. The van der Waals surface area contributed by atoms with Crippen LogP contribution >= 0.6 is 0 Å². The van der Waals surface area contributed by atoms with E-state index in [1.54, 1.807) is 12.1 Å². The molecule has 9 heteroatoms. The van der Waals surface area contributed by atoms with Crippen molar-refractivity contribution in [2.75, 3.05) is 38.2 Å². The van der Waals surface area contributed by atoms with Gasteiger partial charge in [-0.05, 0) is 76.1 Å². The first-order valence-corrected chi connectivity index (χ1v) is 12.9. The number of rotatable bonds is 12. The molecule has 0 saturated carbocycles. The number of pyridine rings is 2. The number of anilines is 1. The van der Waals surface area contributed by atoms with Crippen LogP contribution in [0, 0.1) is 0 Å². The van der Waals surface area contributed by atoms with Crippen molar-refractivity contribution >= 4 is 11.8 Å². The van der Waals surface area contributed by atoms with E-state index in [9.17, 15) is 14.3 Å². The van der Waals surface area contributed by atoms with E-state index in [1.165, 1.54) is 25.6 Å². The number of nitrogens with zero attached hydrogens (tertiary/aromatic N) is 3. The molecule has 2 aliphatic heterocycles. The van der Waals surface area contributed by atoms with Crippen LogP contribution in [0.2, 0.25) is 0 Å². The van der Waals surface area contributed by atoms with Gasteiger partial charge in [0, 0.05) is 43.7 Å². The summed E-state index contributed by atoms with van der Waals surface area (Å²) >= 11 is 0. The van der Waals surface area contributed by atoms with Crippen molar-refractivity contribution in [2.24, 2.45) is 0 Å². The van der Waals surface area contributed by atoms with Gasteiger partial charge in [-0.1, -0.05) is 6.07 Å². The molecule has 1 fully saturated rings. The van der Waals surface area contributed by atoms with E-state index in [4.69, 9.17) is 14.5 Å². The molecule has 2 N–H and O–H groups in total. The smallest absolute Gasteiger partial charge is 0.325 e. The molecule has 0 spiro atoms. The molecule has 1 unspecified atom stereocenters. The topological polar surface area (TPSA) is 96.8 Å². The lowest BCUT2D eigenvalue weighted by molar-refractivity contribution is -0.143. The zero-order valence-electron chi connectivity index (χ0n) is 21.2. The minimum Gasteiger partial charge on any atom is -0.480 e. The Balaban J connectivity index is 1.25. The van der Waals surface area contributed by atoms with Gasteiger partial charge in [-0.25, -0.2) is 14.4 Å². The van der Waals surface area contributed by atoms with Gasteiger partial charge >= 0.3 is 5.97 Å². The van der Waals surface area contributed by atoms with Crippen molar-refractivity contribution < 1.29 is 23.8 Å². The van der Waals surface area contributed by atoms with Crippen LogP contribution in [0.3, 0.4) is 0 Å². The Kier molecular flexibility index (Phi) is 8.74. The van der Waals surface area contributed by atoms with Gasteiger partial charge < -0.3 is 19.9 Å². The molecule has 0 radical (unpaired) electrons. The number of likely N-dealkylation sites (tertiary alicyclic amines) is 1. The average Bonchev–Trinajstić information content (AvgIpc) is 3.30. The molecule has 2 aliphatic rings. The first-order valence-electron chi connectivity index (χ1n) is 12.9. The normalized spacial score (nSPS) is 18.9. The summed E-state index contributed by atoms with van der Waals surface area (Å²) < 4.78 is 25.6. The molecule has 8 nitrogen and oxygen atoms in total. The van der Waals surface area contributed by atoms with Crippen LogP contribution in [0.15, 0.2) is 30.5 Å². The van der Waals surface area contributed by atoms with Crippen LogP contribution in [0.5, 0.6) is 5.88 Å². The fraction of sp³-hybridized carbons (Fsp3) is 0.593. The first kappa shape index (κ1) is 26.3. The predicted molar refractivity (Wildman–Crippen MR) is 135 cm³/mol. The maximum atomic E-state index is 14.0. The number of nitrogens with one attached hydrogen (secondary N) is 1. The van der Waals surface area contributed by atoms with Gasteiger partial charge in [-0.15, -0.1) is 0 Å². The van der Waals surface area contributed by atoms with Crippen molar-refractivity contribution in [3.05, 3.63) is 47.3 Å². The zero-order valence-corrected chi connectivity index (χ0v) is 21.2. The highest BCUT2D eigenvalue weighted by atomic mass is 19.1. The van der Waals surface area contributed by atoms with Gasteiger partial charge in [0.2, 0.25) is 5.88 Å². The second-order valence-electron chi connectivity index (χ2n) is 10.2. The molecular weight excluding hydrogens is 463 g/mol. The van der Waals surface area contributed by atoms with Crippen LogP contribution < -0.4 is 10.1 Å². The van der Waals surface area contributed by atoms with Crippen LogP contribution in [-0.2, 0) is 22.4 Å². The third-order valence-corrected chi connectivity index (χ3v) is 6.56. The Morgan fingerprint density at radius 1 is 1.33 bits per heavy atom. The third kappa shape index (κ3) is 7.13. The Bertz CT molecular complexity index is 1030. The Morgan fingerprint density at radius 3 is 3.00 bits per heavy atom. The van der Waals surface area contributed by atoms with Crippen molar-refractivity contribution in [3.63, 3.8) is 0 Å². The number of unbranched alkanes of at least 4 members (excludes halogenated alkanes) is 1. The van der Waals surface area contributed by atoms with E-state index >= 15 is 0 Å². The predicted octanol–water partition coefficient (Wildman–Crippen LogP) is 4.20. The van der Waals surface area contributed by atoms with Gasteiger partial charge in [-0.3, -0.25) is 9.69 Å². The van der Waals surface area contributed by atoms with Gasteiger partial charge in [0.15, 0.2) is 0 Å². The number of halogens is 1. The quantitative estimate of drug-likeness (QED) is 0.419. The van der Waals surface area contributed by atoms with Gasteiger partial charge in [-0.2, -0.15) is 0 Å². The van der Waals surface area contributed by atoms with Crippen LogP contribution in [-0.4, -0.2) is 70.6 Å². The molecule has 0 amide bonds. The zero-order chi connectivity index (χ0) is 25.5. The third-order valence-electron chi connectivity index (χ3n) is 6.56. The van der Waals surface area contributed by atoms with E-state index < -0.39 is 17.7 Å². The van der Waals surface area contributed by atoms with E-state index in [0.717, 1.165) is 56.6 Å². The first-order chi connectivity index (χ1) is 17.3. The number of alkyl halides is 1. The maximum Gasteiger partial charge on any atom is 0.325 e. The monoisotopic (exact) mass is 500 g/mol. The molecule has 36 heavy (non-hydrogen) atoms. The van der Waals surface area contributed by atoms with E-state index in [-0.39, 0.29) is 18.6 Å². The minimum atomic E-state index is -1.55. The minimum absolute atomic E-state index is 0.0243. The lowest BCUT2D eigenvalue weighted by Gasteiger charge is -2.26. The van der Waals surface area contributed by atoms with Crippen molar-refractivity contribution in [3.8, 4) is 5.88 Å². The maximum absolute atomic E-state index is 14.0. The Hall–Kier alpha value is -2.78. The number of carboxylic acids is 1. The lowest BCUT2D eigenvalue weighted by atomic mass is 10.1. The fourth-order valence-electron chi connectivity index (χ4n) is 4.75. The van der Waals surface area contributed by atoms with E-state index in [0.29, 0.717) is 25.3 Å². The fourth-order valence-corrected chi connectivity index (χ4v) is 4.75. The SMILES string of the molecule is CC(C)(F)COc1ncccc1C(C(=O)O)N1CC[C@@H](OCCCCc2ccc3c(n2)NCCC3)C1. The van der Waals surface area contributed by atoms with Crippen LogP contribution in [0.1, 0.15) is 62.4 Å². The van der Waals surface area contributed by atoms with Crippen LogP contribution in [0.25, 0.3) is 0 Å². The highest BCUT2D eigenvalue weighted by Crippen LogP contribution is 2.32. The standard InChI is InChI=1S/C27H37FN4O4/c1-27(2,28)18-36-25-22(9-6-14-30-25)23(26(33)34)32-15-12-21(17-32)35-16-4-3-8-20-11-10-19-7-5-13-29-24(19)31-20/h6,9-11,14,21,23H,3-5,7-8,12-13,15-18H2,1-2H3,(H,29,31)(H,33,34)/t21-,23?/m1/s1. The van der Waals surface area contributed by atoms with Gasteiger partial charge in [0.1, 0.15) is 24.1 Å². The second kappa shape index (κ2) is 12.0. The highest BCUT2D eigenvalue weighted by molar-refractivity contribution is 5.76. The molecule has 2 aromatic heterocycles. The summed E-state index contributed by atoms with van der Waals surface area (Å²) in [6.45, 7) is 5.34. The summed E-state index contributed by atoms with van der Waals surface area (Å²) in [5.74, 6) is 0.204. The van der Waals surface area contributed by atoms with Gasteiger partial charge in [0.25, 0.3) is 0 Å². The van der Waals surface area contributed by atoms with Crippen LogP contribution in [0.4, 0.5) is 10.2 Å². The van der Waals surface area contributed by atoms with Gasteiger partial charge in [0.05, 0.1) is 6.10 Å². The molecule has 1 saturated heterocycles. The highest BCUT2D eigenvalue weighted by Gasteiger charge is 2.36. The number of hydrogen-bond donors (Lipinski definition) is 2. The summed E-state index contributed by atoms with van der Waals surface area (Å²) in [4.78, 5) is 23.0. The van der Waals surface area contributed by atoms with Crippen molar-refractivity contribution in [2.45, 2.75) is 70.2 Å². The Labute approximate surface area is 212 Å². The number of carbonyl (C=O) groups is 1. The van der Waals surface area contributed by atoms with Crippen molar-refractivity contribution in [1.82, 2.24) is 14.9 Å². The summed E-state index contributed by atoms with van der Waals surface area (Å²) in [5, 5.41) is 13.4. The number of ether oxygens (including phenoxy) is 2. The summed E-state index contributed by atoms with van der Waals surface area (Å²) in [6, 6.07) is 6.75. The summed E-state index contributed by atoms with van der Waals surface area (Å²) in [5.41, 5.74) is 1.29. The summed E-state index contributed by atoms with van der Waals surface area (Å²) in [6.07, 6.45) is 7.33. The molecule has 4 rings (SSSR count). The number of aryl methyl sites for hydroxylation is 2.